The summed E-state index contributed by atoms with van der Waals surface area (Å²) in [6, 6.07) is 9.74. The molecule has 1 saturated heterocycles. The molecule has 1 unspecified atom stereocenters. The molecule has 1 atom stereocenters. The number of ether oxygens (including phenoxy) is 1. The van der Waals surface area contributed by atoms with E-state index in [0.29, 0.717) is 37.0 Å². The van der Waals surface area contributed by atoms with E-state index in [1.54, 1.807) is 12.1 Å². The smallest absolute Gasteiger partial charge is 0.263 e. The Labute approximate surface area is 172 Å². The lowest BCUT2D eigenvalue weighted by Gasteiger charge is -2.30. The highest BCUT2D eigenvalue weighted by Gasteiger charge is 2.29. The molecule has 0 radical (unpaired) electrons. The number of hydrogen-bond acceptors (Lipinski definition) is 6. The van der Waals surface area contributed by atoms with Gasteiger partial charge in [-0.05, 0) is 56.2 Å². The van der Waals surface area contributed by atoms with Crippen LogP contribution in [0.5, 0.6) is 5.75 Å². The normalized spacial score (nSPS) is 16.8. The summed E-state index contributed by atoms with van der Waals surface area (Å²) in [4.78, 5) is 21.0. The fourth-order valence-electron chi connectivity index (χ4n) is 3.39. The van der Waals surface area contributed by atoms with Gasteiger partial charge in [0.1, 0.15) is 11.6 Å². The fraction of sp³-hybridized carbons (Fsp3) is 0.381. The van der Waals surface area contributed by atoms with Crippen LogP contribution in [0.25, 0.3) is 0 Å². The van der Waals surface area contributed by atoms with Gasteiger partial charge in [-0.1, -0.05) is 5.16 Å². The van der Waals surface area contributed by atoms with Gasteiger partial charge in [-0.3, -0.25) is 4.79 Å². The summed E-state index contributed by atoms with van der Waals surface area (Å²) in [5, 5.41) is 4.04. The van der Waals surface area contributed by atoms with Crippen molar-refractivity contribution < 1.29 is 18.4 Å². The van der Waals surface area contributed by atoms with E-state index in [1.165, 1.54) is 23.5 Å². The van der Waals surface area contributed by atoms with Gasteiger partial charge < -0.3 is 14.2 Å². The molecule has 3 heterocycles. The number of carbonyl (C=O) groups excluding carboxylic acids is 1. The number of likely N-dealkylation sites (tertiary alicyclic amines) is 1. The summed E-state index contributed by atoms with van der Waals surface area (Å²) in [6.07, 6.45) is 2.32. The molecule has 0 spiro atoms. The maximum Gasteiger partial charge on any atom is 0.263 e. The van der Waals surface area contributed by atoms with Crippen LogP contribution in [0.15, 0.2) is 40.9 Å². The second kappa shape index (κ2) is 8.73. The summed E-state index contributed by atoms with van der Waals surface area (Å²) >= 11 is 1.52. The van der Waals surface area contributed by atoms with Crippen LogP contribution in [-0.2, 0) is 6.42 Å². The minimum Gasteiger partial charge on any atom is -0.493 e. The molecule has 29 heavy (non-hydrogen) atoms. The van der Waals surface area contributed by atoms with E-state index in [2.05, 4.69) is 10.1 Å². The van der Waals surface area contributed by atoms with Crippen LogP contribution in [-0.4, -0.2) is 40.6 Å². The summed E-state index contributed by atoms with van der Waals surface area (Å²) in [7, 11) is 0. The van der Waals surface area contributed by atoms with E-state index in [0.717, 1.165) is 29.1 Å². The lowest BCUT2D eigenvalue weighted by Crippen LogP contribution is -2.38. The number of aromatic nitrogens is 2. The van der Waals surface area contributed by atoms with E-state index < -0.39 is 0 Å². The molecule has 4 rings (SSSR count). The van der Waals surface area contributed by atoms with Crippen LogP contribution in [0.1, 0.15) is 45.0 Å². The largest absolute Gasteiger partial charge is 0.493 e. The number of thiophene rings is 1. The first-order chi connectivity index (χ1) is 14.1. The molecule has 1 aliphatic heterocycles. The van der Waals surface area contributed by atoms with Crippen molar-refractivity contribution in [3.05, 3.63) is 63.7 Å². The Morgan fingerprint density at radius 2 is 2.14 bits per heavy atom. The predicted molar refractivity (Wildman–Crippen MR) is 107 cm³/mol. The third-order valence-electron chi connectivity index (χ3n) is 4.90. The lowest BCUT2D eigenvalue weighted by atomic mass is 9.98. The SMILES string of the molecule is Cc1ccc(C(=O)N2CCCC(c3nc(CCOc4ccc(F)cc4)no3)C2)s1. The molecule has 1 aromatic carbocycles. The number of benzene rings is 1. The fourth-order valence-corrected chi connectivity index (χ4v) is 4.23. The number of rotatable bonds is 6. The molecule has 0 bridgehead atoms. The second-order valence-electron chi connectivity index (χ2n) is 7.10. The predicted octanol–water partition coefficient (Wildman–Crippen LogP) is 4.22. The summed E-state index contributed by atoms with van der Waals surface area (Å²) in [5.74, 6) is 1.56. The first-order valence-electron chi connectivity index (χ1n) is 9.65. The number of carbonyl (C=O) groups is 1. The molecular weight excluding hydrogens is 393 g/mol. The van der Waals surface area contributed by atoms with Crippen molar-refractivity contribution in [2.75, 3.05) is 19.7 Å². The molecule has 1 amide bonds. The van der Waals surface area contributed by atoms with Crippen LogP contribution in [0, 0.1) is 12.7 Å². The highest BCUT2D eigenvalue weighted by Crippen LogP contribution is 2.28. The maximum absolute atomic E-state index is 12.9. The highest BCUT2D eigenvalue weighted by atomic mass is 32.1. The van der Waals surface area contributed by atoms with Gasteiger partial charge in [-0.2, -0.15) is 4.98 Å². The van der Waals surface area contributed by atoms with Crippen LogP contribution in [0.2, 0.25) is 0 Å². The summed E-state index contributed by atoms with van der Waals surface area (Å²) in [5.41, 5.74) is 0. The van der Waals surface area contributed by atoms with Gasteiger partial charge in [0.05, 0.1) is 17.4 Å². The summed E-state index contributed by atoms with van der Waals surface area (Å²) < 4.78 is 24.0. The van der Waals surface area contributed by atoms with Crippen molar-refractivity contribution in [1.82, 2.24) is 15.0 Å². The number of piperidine rings is 1. The first kappa shape index (κ1) is 19.6. The Hall–Kier alpha value is -2.74. The molecule has 8 heteroatoms. The Kier molecular flexibility index (Phi) is 5.89. The van der Waals surface area contributed by atoms with Crippen molar-refractivity contribution in [1.29, 1.82) is 0 Å². The van der Waals surface area contributed by atoms with Gasteiger partial charge in [-0.15, -0.1) is 11.3 Å². The van der Waals surface area contributed by atoms with E-state index >= 15 is 0 Å². The Morgan fingerprint density at radius 3 is 2.90 bits per heavy atom. The maximum atomic E-state index is 12.9. The van der Waals surface area contributed by atoms with Crippen LogP contribution in [0.3, 0.4) is 0 Å². The first-order valence-corrected chi connectivity index (χ1v) is 10.5. The molecule has 1 fully saturated rings. The van der Waals surface area contributed by atoms with Gasteiger partial charge in [0.25, 0.3) is 5.91 Å². The number of halogens is 1. The zero-order chi connectivity index (χ0) is 20.2. The van der Waals surface area contributed by atoms with Crippen LogP contribution >= 0.6 is 11.3 Å². The van der Waals surface area contributed by atoms with E-state index in [4.69, 9.17) is 9.26 Å². The topological polar surface area (TPSA) is 68.5 Å². The number of amides is 1. The van der Waals surface area contributed by atoms with Crippen molar-refractivity contribution in [3.63, 3.8) is 0 Å². The van der Waals surface area contributed by atoms with E-state index in [1.807, 2.05) is 24.0 Å². The van der Waals surface area contributed by atoms with Crippen molar-refractivity contribution in [3.8, 4) is 5.75 Å². The lowest BCUT2D eigenvalue weighted by molar-refractivity contribution is 0.0700. The van der Waals surface area contributed by atoms with Crippen LogP contribution < -0.4 is 4.74 Å². The minimum absolute atomic E-state index is 0.0491. The zero-order valence-corrected chi connectivity index (χ0v) is 17.0. The molecule has 0 aliphatic carbocycles. The van der Waals surface area contributed by atoms with Gasteiger partial charge in [0.15, 0.2) is 5.82 Å². The van der Waals surface area contributed by atoms with E-state index in [9.17, 15) is 9.18 Å². The zero-order valence-electron chi connectivity index (χ0n) is 16.1. The third kappa shape index (κ3) is 4.82. The minimum atomic E-state index is -0.297. The average Bonchev–Trinajstić information content (AvgIpc) is 3.38. The standard InChI is InChI=1S/C21H22FN3O3S/c1-14-4-9-18(29-14)21(26)25-11-2-3-15(13-25)20-23-19(24-28-20)10-12-27-17-7-5-16(22)6-8-17/h4-9,15H,2-3,10-13H2,1H3. The summed E-state index contributed by atoms with van der Waals surface area (Å²) in [6.45, 7) is 3.71. The van der Waals surface area contributed by atoms with Gasteiger partial charge >= 0.3 is 0 Å². The van der Waals surface area contributed by atoms with Gasteiger partial charge in [-0.25, -0.2) is 4.39 Å². The third-order valence-corrected chi connectivity index (χ3v) is 5.89. The molecule has 152 valence electrons. The van der Waals surface area contributed by atoms with Gasteiger partial charge in [0.2, 0.25) is 5.89 Å². The molecule has 0 N–H and O–H groups in total. The number of nitrogens with zero attached hydrogens (tertiary/aromatic N) is 3. The van der Waals surface area contributed by atoms with Crippen molar-refractivity contribution in [2.24, 2.45) is 0 Å². The number of aryl methyl sites for hydroxylation is 1. The Bertz CT molecular complexity index is 970. The van der Waals surface area contributed by atoms with Crippen molar-refractivity contribution in [2.45, 2.75) is 32.1 Å². The molecule has 1 aliphatic rings. The molecule has 2 aromatic heterocycles. The quantitative estimate of drug-likeness (QED) is 0.603. The van der Waals surface area contributed by atoms with E-state index in [-0.39, 0.29) is 17.6 Å². The van der Waals surface area contributed by atoms with Crippen LogP contribution in [0.4, 0.5) is 4.39 Å². The molecule has 0 saturated carbocycles. The van der Waals surface area contributed by atoms with Gasteiger partial charge in [0, 0.05) is 24.4 Å². The molecular formula is C21H22FN3O3S. The van der Waals surface area contributed by atoms with Crippen molar-refractivity contribution >= 4 is 17.2 Å². The monoisotopic (exact) mass is 415 g/mol. The Balaban J connectivity index is 1.32. The highest BCUT2D eigenvalue weighted by molar-refractivity contribution is 7.13. The number of hydrogen-bond donors (Lipinski definition) is 0. The average molecular weight is 415 g/mol. The second-order valence-corrected chi connectivity index (χ2v) is 8.39. The molecule has 6 nitrogen and oxygen atoms in total. The Morgan fingerprint density at radius 1 is 1.31 bits per heavy atom. The molecule has 3 aromatic rings.